The number of aryl methyl sites for hydroxylation is 1. The van der Waals surface area contributed by atoms with Gasteiger partial charge in [0, 0.05) is 16.9 Å². The summed E-state index contributed by atoms with van der Waals surface area (Å²) in [5.41, 5.74) is 7.51. The maximum Gasteiger partial charge on any atom is 0.181 e. The third kappa shape index (κ3) is 2.61. The standard InChI is InChI=1S/C12H16N4S/c1-7-14-8(6-17-7)11-15-9(12(2,3)4)5-10(13)16-11/h5-6H,1-4H3,(H2,13,15,16). The van der Waals surface area contributed by atoms with E-state index in [-0.39, 0.29) is 5.41 Å². The van der Waals surface area contributed by atoms with E-state index >= 15 is 0 Å². The van der Waals surface area contributed by atoms with Crippen LogP contribution in [-0.4, -0.2) is 15.0 Å². The molecule has 0 unspecified atom stereocenters. The van der Waals surface area contributed by atoms with E-state index in [2.05, 4.69) is 35.7 Å². The number of hydrogen-bond donors (Lipinski definition) is 1. The number of nitrogen functional groups attached to an aromatic ring is 1. The van der Waals surface area contributed by atoms with Crippen molar-refractivity contribution in [2.24, 2.45) is 0 Å². The first kappa shape index (κ1) is 12.0. The van der Waals surface area contributed by atoms with Gasteiger partial charge in [-0.2, -0.15) is 0 Å². The largest absolute Gasteiger partial charge is 0.384 e. The first-order chi connectivity index (χ1) is 7.86. The van der Waals surface area contributed by atoms with Crippen molar-refractivity contribution in [1.82, 2.24) is 15.0 Å². The molecule has 0 amide bonds. The maximum absolute atomic E-state index is 5.82. The summed E-state index contributed by atoms with van der Waals surface area (Å²) in [5, 5.41) is 2.96. The molecule has 2 rings (SSSR count). The van der Waals surface area contributed by atoms with Gasteiger partial charge in [0.15, 0.2) is 5.82 Å². The van der Waals surface area contributed by atoms with Gasteiger partial charge in [-0.15, -0.1) is 11.3 Å². The van der Waals surface area contributed by atoms with Crippen molar-refractivity contribution in [2.75, 3.05) is 5.73 Å². The van der Waals surface area contributed by atoms with Crippen molar-refractivity contribution in [1.29, 1.82) is 0 Å². The average Bonchev–Trinajstić information content (AvgIpc) is 2.62. The molecule has 0 saturated heterocycles. The quantitative estimate of drug-likeness (QED) is 0.842. The first-order valence-corrected chi connectivity index (χ1v) is 6.32. The van der Waals surface area contributed by atoms with Gasteiger partial charge in [0.25, 0.3) is 0 Å². The van der Waals surface area contributed by atoms with Crippen LogP contribution < -0.4 is 5.73 Å². The number of anilines is 1. The van der Waals surface area contributed by atoms with Crippen LogP contribution in [0.15, 0.2) is 11.4 Å². The second-order valence-electron chi connectivity index (χ2n) is 5.00. The van der Waals surface area contributed by atoms with E-state index in [1.54, 1.807) is 11.3 Å². The molecule has 0 radical (unpaired) electrons. The highest BCUT2D eigenvalue weighted by molar-refractivity contribution is 7.09. The maximum atomic E-state index is 5.82. The van der Waals surface area contributed by atoms with E-state index < -0.39 is 0 Å². The van der Waals surface area contributed by atoms with Crippen molar-refractivity contribution < 1.29 is 0 Å². The number of hydrogen-bond acceptors (Lipinski definition) is 5. The molecule has 2 heterocycles. The van der Waals surface area contributed by atoms with E-state index in [4.69, 9.17) is 5.73 Å². The summed E-state index contributed by atoms with van der Waals surface area (Å²) in [6.45, 7) is 8.27. The zero-order chi connectivity index (χ0) is 12.6. The number of thiazole rings is 1. The molecule has 0 bridgehead atoms. The summed E-state index contributed by atoms with van der Waals surface area (Å²) in [6.07, 6.45) is 0. The highest BCUT2D eigenvalue weighted by Gasteiger charge is 2.18. The van der Waals surface area contributed by atoms with Gasteiger partial charge in [-0.3, -0.25) is 0 Å². The van der Waals surface area contributed by atoms with E-state index in [1.807, 2.05) is 18.4 Å². The zero-order valence-electron chi connectivity index (χ0n) is 10.5. The molecular formula is C12H16N4S. The Labute approximate surface area is 105 Å². The van der Waals surface area contributed by atoms with Gasteiger partial charge in [0.1, 0.15) is 11.5 Å². The van der Waals surface area contributed by atoms with Crippen LogP contribution in [0.2, 0.25) is 0 Å². The minimum atomic E-state index is -0.0448. The second kappa shape index (κ2) is 4.07. The van der Waals surface area contributed by atoms with Gasteiger partial charge >= 0.3 is 0 Å². The average molecular weight is 248 g/mol. The Morgan fingerprint density at radius 2 is 1.88 bits per heavy atom. The Kier molecular flexibility index (Phi) is 2.87. The van der Waals surface area contributed by atoms with Crippen molar-refractivity contribution in [2.45, 2.75) is 33.1 Å². The lowest BCUT2D eigenvalue weighted by molar-refractivity contribution is 0.568. The third-order valence-electron chi connectivity index (χ3n) is 2.36. The monoisotopic (exact) mass is 248 g/mol. The topological polar surface area (TPSA) is 64.7 Å². The Hall–Kier alpha value is -1.49. The highest BCUT2D eigenvalue weighted by atomic mass is 32.1. The second-order valence-corrected chi connectivity index (χ2v) is 6.07. The van der Waals surface area contributed by atoms with Crippen LogP contribution >= 0.6 is 11.3 Å². The molecule has 5 heteroatoms. The smallest absolute Gasteiger partial charge is 0.181 e. The molecule has 0 atom stereocenters. The van der Waals surface area contributed by atoms with Crippen LogP contribution in [0.1, 0.15) is 31.5 Å². The van der Waals surface area contributed by atoms with Gasteiger partial charge in [0.2, 0.25) is 0 Å². The van der Waals surface area contributed by atoms with Gasteiger partial charge in [-0.25, -0.2) is 15.0 Å². The molecule has 4 nitrogen and oxygen atoms in total. The molecule has 2 aromatic heterocycles. The Bertz CT molecular complexity index is 540. The molecule has 0 aromatic carbocycles. The summed E-state index contributed by atoms with van der Waals surface area (Å²) in [4.78, 5) is 13.2. The fraction of sp³-hybridized carbons (Fsp3) is 0.417. The molecule has 0 fully saturated rings. The fourth-order valence-electron chi connectivity index (χ4n) is 1.43. The minimum absolute atomic E-state index is 0.0448. The fourth-order valence-corrected chi connectivity index (χ4v) is 2.02. The van der Waals surface area contributed by atoms with E-state index in [0.717, 1.165) is 16.4 Å². The summed E-state index contributed by atoms with van der Waals surface area (Å²) >= 11 is 1.59. The minimum Gasteiger partial charge on any atom is -0.384 e. The molecule has 0 aliphatic rings. The zero-order valence-corrected chi connectivity index (χ0v) is 11.3. The molecule has 0 saturated carbocycles. The van der Waals surface area contributed by atoms with Crippen molar-refractivity contribution in [3.8, 4) is 11.5 Å². The molecule has 2 N–H and O–H groups in total. The summed E-state index contributed by atoms with van der Waals surface area (Å²) in [5.74, 6) is 1.10. The lowest BCUT2D eigenvalue weighted by Crippen LogP contribution is -2.15. The lowest BCUT2D eigenvalue weighted by atomic mass is 9.92. The molecule has 0 aliphatic heterocycles. The van der Waals surface area contributed by atoms with Crippen LogP contribution in [0.25, 0.3) is 11.5 Å². The van der Waals surface area contributed by atoms with Crippen LogP contribution in [0, 0.1) is 6.92 Å². The van der Waals surface area contributed by atoms with Crippen molar-refractivity contribution >= 4 is 17.2 Å². The van der Waals surface area contributed by atoms with E-state index in [0.29, 0.717) is 11.6 Å². The summed E-state index contributed by atoms with van der Waals surface area (Å²) in [6, 6.07) is 1.82. The molecule has 0 aliphatic carbocycles. The molecule has 90 valence electrons. The van der Waals surface area contributed by atoms with Crippen LogP contribution in [0.3, 0.4) is 0 Å². The predicted octanol–water partition coefficient (Wildman–Crippen LogP) is 2.79. The number of rotatable bonds is 1. The van der Waals surface area contributed by atoms with Crippen molar-refractivity contribution in [3.05, 3.63) is 22.1 Å². The summed E-state index contributed by atoms with van der Waals surface area (Å²) < 4.78 is 0. The van der Waals surface area contributed by atoms with E-state index in [9.17, 15) is 0 Å². The predicted molar refractivity (Wildman–Crippen MR) is 71.0 cm³/mol. The molecule has 17 heavy (non-hydrogen) atoms. The van der Waals surface area contributed by atoms with Crippen LogP contribution in [-0.2, 0) is 5.41 Å². The van der Waals surface area contributed by atoms with Crippen molar-refractivity contribution in [3.63, 3.8) is 0 Å². The summed E-state index contributed by atoms with van der Waals surface area (Å²) in [7, 11) is 0. The first-order valence-electron chi connectivity index (χ1n) is 5.44. The Balaban J connectivity index is 2.52. The van der Waals surface area contributed by atoms with Crippen LogP contribution in [0.4, 0.5) is 5.82 Å². The lowest BCUT2D eigenvalue weighted by Gasteiger charge is -2.18. The Morgan fingerprint density at radius 1 is 1.18 bits per heavy atom. The van der Waals surface area contributed by atoms with Gasteiger partial charge in [0.05, 0.1) is 10.7 Å². The van der Waals surface area contributed by atoms with Crippen LogP contribution in [0.5, 0.6) is 0 Å². The SMILES string of the molecule is Cc1nc(-c2nc(N)cc(C(C)(C)C)n2)cs1. The van der Waals surface area contributed by atoms with Gasteiger partial charge in [-0.05, 0) is 6.92 Å². The number of aromatic nitrogens is 3. The third-order valence-corrected chi connectivity index (χ3v) is 3.14. The number of nitrogens with zero attached hydrogens (tertiary/aromatic N) is 3. The molecular weight excluding hydrogens is 232 g/mol. The highest BCUT2D eigenvalue weighted by Crippen LogP contribution is 2.25. The Morgan fingerprint density at radius 3 is 2.41 bits per heavy atom. The van der Waals surface area contributed by atoms with Gasteiger partial charge < -0.3 is 5.73 Å². The normalized spacial score (nSPS) is 11.8. The molecule has 2 aromatic rings. The molecule has 0 spiro atoms. The van der Waals surface area contributed by atoms with E-state index in [1.165, 1.54) is 0 Å². The number of nitrogens with two attached hydrogens (primary N) is 1. The van der Waals surface area contributed by atoms with Gasteiger partial charge in [-0.1, -0.05) is 20.8 Å².